The lowest BCUT2D eigenvalue weighted by atomic mass is 10.2. The molecule has 0 N–H and O–H groups in total. The number of amides is 1. The Labute approximate surface area is 157 Å². The Kier molecular flexibility index (Phi) is 4.80. The first-order chi connectivity index (χ1) is 12.7. The molecule has 26 heavy (non-hydrogen) atoms. The predicted molar refractivity (Wildman–Crippen MR) is 105 cm³/mol. The third-order valence-electron chi connectivity index (χ3n) is 4.92. The average molecular weight is 369 g/mol. The van der Waals surface area contributed by atoms with Gasteiger partial charge in [-0.25, -0.2) is 4.98 Å². The van der Waals surface area contributed by atoms with Crippen LogP contribution in [0.3, 0.4) is 0 Å². The SMILES string of the molecule is O=C(CCn1cnc2ccccc21)N1CCN(c2ccccc2Cl)CC1. The lowest BCUT2D eigenvalue weighted by Gasteiger charge is -2.36. The summed E-state index contributed by atoms with van der Waals surface area (Å²) in [5.74, 6) is 0.196. The van der Waals surface area contributed by atoms with E-state index in [1.165, 1.54) is 0 Å². The maximum atomic E-state index is 12.6. The number of anilines is 1. The molecule has 5 nitrogen and oxygen atoms in total. The van der Waals surface area contributed by atoms with Crippen LogP contribution in [-0.4, -0.2) is 46.5 Å². The molecular weight excluding hydrogens is 348 g/mol. The molecule has 0 atom stereocenters. The zero-order valence-corrected chi connectivity index (χ0v) is 15.3. The number of hydrogen-bond donors (Lipinski definition) is 0. The van der Waals surface area contributed by atoms with Crippen molar-refractivity contribution in [3.8, 4) is 0 Å². The van der Waals surface area contributed by atoms with Crippen LogP contribution in [0.2, 0.25) is 5.02 Å². The fourth-order valence-electron chi connectivity index (χ4n) is 3.47. The number of aromatic nitrogens is 2. The molecule has 4 rings (SSSR count). The van der Waals surface area contributed by atoms with Gasteiger partial charge in [0.1, 0.15) is 0 Å². The minimum Gasteiger partial charge on any atom is -0.367 e. The van der Waals surface area contributed by atoms with Crippen molar-refractivity contribution in [2.75, 3.05) is 31.1 Å². The third-order valence-corrected chi connectivity index (χ3v) is 5.24. The second-order valence-electron chi connectivity index (χ2n) is 6.50. The van der Waals surface area contributed by atoms with E-state index in [1.54, 1.807) is 0 Å². The van der Waals surface area contributed by atoms with E-state index in [2.05, 4.69) is 9.88 Å². The van der Waals surface area contributed by atoms with E-state index in [0.717, 1.165) is 47.9 Å². The number of carbonyl (C=O) groups excluding carboxylic acids is 1. The number of para-hydroxylation sites is 3. The first-order valence-corrected chi connectivity index (χ1v) is 9.27. The van der Waals surface area contributed by atoms with Crippen molar-refractivity contribution in [2.45, 2.75) is 13.0 Å². The number of benzene rings is 2. The van der Waals surface area contributed by atoms with Crippen molar-refractivity contribution < 1.29 is 4.79 Å². The van der Waals surface area contributed by atoms with Crippen molar-refractivity contribution in [3.05, 3.63) is 59.9 Å². The van der Waals surface area contributed by atoms with Crippen molar-refractivity contribution in [1.82, 2.24) is 14.5 Å². The topological polar surface area (TPSA) is 41.4 Å². The quantitative estimate of drug-likeness (QED) is 0.708. The predicted octanol–water partition coefficient (Wildman–Crippen LogP) is 3.43. The van der Waals surface area contributed by atoms with Crippen LogP contribution < -0.4 is 4.90 Å². The summed E-state index contributed by atoms with van der Waals surface area (Å²) in [6.45, 7) is 3.74. The molecule has 1 aromatic heterocycles. The van der Waals surface area contributed by atoms with E-state index in [4.69, 9.17) is 11.6 Å². The molecule has 3 aromatic rings. The van der Waals surface area contributed by atoms with Gasteiger partial charge in [-0.15, -0.1) is 0 Å². The summed E-state index contributed by atoms with van der Waals surface area (Å²) in [5.41, 5.74) is 3.09. The van der Waals surface area contributed by atoms with Gasteiger partial charge in [0, 0.05) is 39.1 Å². The Hall–Kier alpha value is -2.53. The minimum atomic E-state index is 0.196. The molecule has 0 unspecified atom stereocenters. The van der Waals surface area contributed by atoms with Crippen LogP contribution in [0.15, 0.2) is 54.9 Å². The summed E-state index contributed by atoms with van der Waals surface area (Å²) in [7, 11) is 0. The average Bonchev–Trinajstić information content (AvgIpc) is 3.10. The molecule has 1 saturated heterocycles. The van der Waals surface area contributed by atoms with Gasteiger partial charge in [0.2, 0.25) is 5.91 Å². The first-order valence-electron chi connectivity index (χ1n) is 8.89. The number of hydrogen-bond acceptors (Lipinski definition) is 3. The number of piperazine rings is 1. The highest BCUT2D eigenvalue weighted by Gasteiger charge is 2.22. The van der Waals surface area contributed by atoms with E-state index in [1.807, 2.05) is 64.3 Å². The lowest BCUT2D eigenvalue weighted by Crippen LogP contribution is -2.49. The van der Waals surface area contributed by atoms with Crippen LogP contribution in [0.4, 0.5) is 5.69 Å². The van der Waals surface area contributed by atoms with Gasteiger partial charge in [-0.05, 0) is 24.3 Å². The van der Waals surface area contributed by atoms with Gasteiger partial charge in [0.05, 0.1) is 28.1 Å². The molecular formula is C20H21ClN4O. The summed E-state index contributed by atoms with van der Waals surface area (Å²) in [5, 5.41) is 0.763. The van der Waals surface area contributed by atoms with Crippen LogP contribution in [0.1, 0.15) is 6.42 Å². The molecule has 6 heteroatoms. The molecule has 1 aliphatic heterocycles. The number of carbonyl (C=O) groups is 1. The Morgan fingerprint density at radius 1 is 1.00 bits per heavy atom. The van der Waals surface area contributed by atoms with Crippen LogP contribution in [0, 0.1) is 0 Å². The maximum Gasteiger partial charge on any atom is 0.224 e. The van der Waals surface area contributed by atoms with Gasteiger partial charge in [0.25, 0.3) is 0 Å². The molecule has 2 heterocycles. The van der Waals surface area contributed by atoms with Gasteiger partial charge in [0.15, 0.2) is 0 Å². The van der Waals surface area contributed by atoms with Gasteiger partial charge < -0.3 is 14.4 Å². The third kappa shape index (κ3) is 3.40. The zero-order chi connectivity index (χ0) is 17.9. The van der Waals surface area contributed by atoms with E-state index >= 15 is 0 Å². The Bertz CT molecular complexity index is 915. The van der Waals surface area contributed by atoms with Crippen LogP contribution >= 0.6 is 11.6 Å². The largest absolute Gasteiger partial charge is 0.367 e. The maximum absolute atomic E-state index is 12.6. The number of halogens is 1. The Morgan fingerprint density at radius 2 is 1.73 bits per heavy atom. The highest BCUT2D eigenvalue weighted by Crippen LogP contribution is 2.26. The monoisotopic (exact) mass is 368 g/mol. The van der Waals surface area contributed by atoms with Crippen LogP contribution in [0.25, 0.3) is 11.0 Å². The molecule has 0 bridgehead atoms. The molecule has 0 radical (unpaired) electrons. The molecule has 1 fully saturated rings. The van der Waals surface area contributed by atoms with E-state index in [0.29, 0.717) is 13.0 Å². The fourth-order valence-corrected chi connectivity index (χ4v) is 3.72. The van der Waals surface area contributed by atoms with Crippen molar-refractivity contribution in [1.29, 1.82) is 0 Å². The molecule has 1 amide bonds. The number of fused-ring (bicyclic) bond motifs is 1. The van der Waals surface area contributed by atoms with Gasteiger partial charge in [-0.1, -0.05) is 35.9 Å². The molecule has 0 saturated carbocycles. The second-order valence-corrected chi connectivity index (χ2v) is 6.90. The normalized spacial score (nSPS) is 14.8. The number of nitrogens with zero attached hydrogens (tertiary/aromatic N) is 4. The summed E-state index contributed by atoms with van der Waals surface area (Å²) in [6.07, 6.45) is 2.31. The van der Waals surface area contributed by atoms with E-state index in [9.17, 15) is 4.79 Å². The number of imidazole rings is 1. The first kappa shape index (κ1) is 16.9. The van der Waals surface area contributed by atoms with Crippen molar-refractivity contribution in [2.24, 2.45) is 0 Å². The summed E-state index contributed by atoms with van der Waals surface area (Å²) >= 11 is 6.28. The molecule has 0 spiro atoms. The van der Waals surface area contributed by atoms with E-state index in [-0.39, 0.29) is 5.91 Å². The smallest absolute Gasteiger partial charge is 0.224 e. The summed E-state index contributed by atoms with van der Waals surface area (Å²) in [4.78, 5) is 21.2. The molecule has 1 aliphatic rings. The number of aryl methyl sites for hydroxylation is 1. The summed E-state index contributed by atoms with van der Waals surface area (Å²) < 4.78 is 2.05. The highest BCUT2D eigenvalue weighted by molar-refractivity contribution is 6.33. The molecule has 0 aliphatic carbocycles. The molecule has 134 valence electrons. The zero-order valence-electron chi connectivity index (χ0n) is 14.5. The minimum absolute atomic E-state index is 0.196. The van der Waals surface area contributed by atoms with Gasteiger partial charge in [-0.2, -0.15) is 0 Å². The summed E-state index contributed by atoms with van der Waals surface area (Å²) in [6, 6.07) is 15.9. The Balaban J connectivity index is 1.33. The number of rotatable bonds is 4. The van der Waals surface area contributed by atoms with Crippen molar-refractivity contribution in [3.63, 3.8) is 0 Å². The molecule has 2 aromatic carbocycles. The Morgan fingerprint density at radius 3 is 2.54 bits per heavy atom. The van der Waals surface area contributed by atoms with Crippen LogP contribution in [0.5, 0.6) is 0 Å². The van der Waals surface area contributed by atoms with Crippen LogP contribution in [-0.2, 0) is 11.3 Å². The standard InChI is InChI=1S/C20H21ClN4O/c21-16-5-1-3-7-18(16)23-11-13-24(14-12-23)20(26)9-10-25-15-22-17-6-2-4-8-19(17)25/h1-8,15H,9-14H2. The second kappa shape index (κ2) is 7.38. The van der Waals surface area contributed by atoms with Gasteiger partial charge in [-0.3, -0.25) is 4.79 Å². The van der Waals surface area contributed by atoms with Gasteiger partial charge >= 0.3 is 0 Å². The fraction of sp³-hybridized carbons (Fsp3) is 0.300. The van der Waals surface area contributed by atoms with E-state index < -0.39 is 0 Å². The van der Waals surface area contributed by atoms with Crippen molar-refractivity contribution >= 4 is 34.2 Å². The lowest BCUT2D eigenvalue weighted by molar-refractivity contribution is -0.131. The highest BCUT2D eigenvalue weighted by atomic mass is 35.5.